The lowest BCUT2D eigenvalue weighted by atomic mass is 9.92. The van der Waals surface area contributed by atoms with Gasteiger partial charge in [0.05, 0.1) is 11.7 Å². The molecule has 2 unspecified atom stereocenters. The van der Waals surface area contributed by atoms with Crippen molar-refractivity contribution in [1.82, 2.24) is 24.9 Å². The molecule has 0 spiro atoms. The van der Waals surface area contributed by atoms with Crippen molar-refractivity contribution in [2.45, 2.75) is 64.5 Å². The van der Waals surface area contributed by atoms with Gasteiger partial charge in [-0.15, -0.1) is 0 Å². The van der Waals surface area contributed by atoms with Crippen molar-refractivity contribution in [3.05, 3.63) is 83.2 Å². The molecule has 258 valence electrons. The predicted octanol–water partition coefficient (Wildman–Crippen LogP) is 4.04. The van der Waals surface area contributed by atoms with E-state index >= 15 is 4.39 Å². The maximum atomic E-state index is 15.4. The van der Waals surface area contributed by atoms with Gasteiger partial charge < -0.3 is 26.2 Å². The first-order valence-corrected chi connectivity index (χ1v) is 16.2. The number of nitrogens with zero attached hydrogens (tertiary/aromatic N) is 4. The summed E-state index contributed by atoms with van der Waals surface area (Å²) in [5.74, 6) is -4.27. The Morgan fingerprint density at radius 3 is 2.19 bits per heavy atom. The van der Waals surface area contributed by atoms with E-state index in [-0.39, 0.29) is 35.7 Å². The monoisotopic (exact) mass is 665 g/mol. The lowest BCUT2D eigenvalue weighted by Gasteiger charge is -2.33. The normalized spacial score (nSPS) is 16.8. The van der Waals surface area contributed by atoms with Crippen LogP contribution in [0.5, 0.6) is 0 Å². The number of likely N-dealkylation sites (N-methyl/N-ethyl adjacent to an activating group) is 1. The van der Waals surface area contributed by atoms with Crippen LogP contribution in [0.3, 0.4) is 0 Å². The van der Waals surface area contributed by atoms with E-state index in [0.29, 0.717) is 30.6 Å². The van der Waals surface area contributed by atoms with Crippen molar-refractivity contribution >= 4 is 29.3 Å². The predicted molar refractivity (Wildman–Crippen MR) is 178 cm³/mol. The van der Waals surface area contributed by atoms with Gasteiger partial charge in [0.15, 0.2) is 0 Å². The highest BCUT2D eigenvalue weighted by atomic mass is 19.1. The zero-order chi connectivity index (χ0) is 35.1. The van der Waals surface area contributed by atoms with E-state index in [1.54, 1.807) is 26.8 Å². The summed E-state index contributed by atoms with van der Waals surface area (Å²) in [6.45, 7) is 9.97. The molecule has 0 radical (unpaired) electrons. The lowest BCUT2D eigenvalue weighted by molar-refractivity contribution is -0.133. The standard InChI is InChI=1S/C35H45F2N7O4/c1-21(19-31(45)43-16-14-42(5)15-17-43)26-8-11-29(28(37)20-26)40-35(48)32(24(4)25-6-9-27(36)10-7-25)41-34(47)30-12-13-39-44(30)23(3)18-22(2)33(38)46/h6-13,20-24,32H,14-19H2,1-5H3,(H2,38,46)(H,40,48)(H,41,47)/t21-,22?,23?,24+,32+/m1/s1. The van der Waals surface area contributed by atoms with Crippen molar-refractivity contribution in [3.8, 4) is 0 Å². The number of hydrogen-bond acceptors (Lipinski definition) is 6. The van der Waals surface area contributed by atoms with Crippen LogP contribution in [0, 0.1) is 17.6 Å². The Morgan fingerprint density at radius 1 is 0.917 bits per heavy atom. The molecule has 0 bridgehead atoms. The van der Waals surface area contributed by atoms with Crippen molar-refractivity contribution in [3.63, 3.8) is 0 Å². The van der Waals surface area contributed by atoms with Crippen LogP contribution in [0.25, 0.3) is 0 Å². The van der Waals surface area contributed by atoms with Crippen molar-refractivity contribution in [2.24, 2.45) is 11.7 Å². The molecule has 11 nitrogen and oxygen atoms in total. The molecule has 13 heteroatoms. The van der Waals surface area contributed by atoms with E-state index < -0.39 is 47.2 Å². The number of carbonyl (C=O) groups is 4. The largest absolute Gasteiger partial charge is 0.369 e. The molecule has 1 fully saturated rings. The number of aromatic nitrogens is 2. The summed E-state index contributed by atoms with van der Waals surface area (Å²) in [5.41, 5.74) is 6.67. The fourth-order valence-corrected chi connectivity index (χ4v) is 5.88. The number of halogens is 2. The average Bonchev–Trinajstić information content (AvgIpc) is 3.55. The Hall–Kier alpha value is -4.65. The molecule has 0 aliphatic carbocycles. The van der Waals surface area contributed by atoms with Crippen LogP contribution >= 0.6 is 0 Å². The Bertz CT molecular complexity index is 1600. The molecule has 1 aliphatic heterocycles. The zero-order valence-electron chi connectivity index (χ0n) is 28.1. The summed E-state index contributed by atoms with van der Waals surface area (Å²) in [7, 11) is 2.01. The van der Waals surface area contributed by atoms with Gasteiger partial charge in [-0.25, -0.2) is 8.78 Å². The van der Waals surface area contributed by atoms with Crippen LogP contribution in [0.4, 0.5) is 14.5 Å². The van der Waals surface area contributed by atoms with E-state index in [1.807, 2.05) is 18.9 Å². The molecule has 3 aromatic rings. The van der Waals surface area contributed by atoms with Crippen LogP contribution < -0.4 is 16.4 Å². The van der Waals surface area contributed by atoms with Gasteiger partial charge in [0.1, 0.15) is 23.4 Å². The molecule has 2 heterocycles. The van der Waals surface area contributed by atoms with E-state index in [2.05, 4.69) is 20.6 Å². The molecule has 4 rings (SSSR count). The first-order chi connectivity index (χ1) is 22.7. The van der Waals surface area contributed by atoms with Crippen LogP contribution in [0.2, 0.25) is 0 Å². The molecule has 4 N–H and O–H groups in total. The molecule has 0 saturated carbocycles. The number of amides is 4. The Morgan fingerprint density at radius 2 is 1.56 bits per heavy atom. The number of piperazine rings is 1. The maximum absolute atomic E-state index is 15.4. The van der Waals surface area contributed by atoms with Crippen LogP contribution in [-0.2, 0) is 14.4 Å². The molecular weight excluding hydrogens is 620 g/mol. The number of rotatable bonds is 13. The number of primary amides is 1. The minimum atomic E-state index is -1.20. The van der Waals surface area contributed by atoms with Crippen molar-refractivity contribution in [1.29, 1.82) is 0 Å². The smallest absolute Gasteiger partial charge is 0.270 e. The van der Waals surface area contributed by atoms with E-state index in [4.69, 9.17) is 5.73 Å². The number of anilines is 1. The van der Waals surface area contributed by atoms with Gasteiger partial charge in [-0.1, -0.05) is 39.0 Å². The minimum absolute atomic E-state index is 0.0138. The zero-order valence-corrected chi connectivity index (χ0v) is 28.1. The molecule has 2 aromatic carbocycles. The summed E-state index contributed by atoms with van der Waals surface area (Å²) in [6.07, 6.45) is 2.01. The quantitative estimate of drug-likeness (QED) is 0.252. The van der Waals surface area contributed by atoms with Gasteiger partial charge in [-0.2, -0.15) is 5.10 Å². The molecule has 1 aromatic heterocycles. The topological polar surface area (TPSA) is 143 Å². The first kappa shape index (κ1) is 36.2. The third-order valence-electron chi connectivity index (χ3n) is 9.12. The van der Waals surface area contributed by atoms with Crippen LogP contribution in [-0.4, -0.2) is 82.5 Å². The van der Waals surface area contributed by atoms with Crippen molar-refractivity contribution < 1.29 is 28.0 Å². The number of nitrogens with one attached hydrogen (secondary N) is 2. The number of hydrogen-bond donors (Lipinski definition) is 3. The Kier molecular flexibility index (Phi) is 12.0. The lowest BCUT2D eigenvalue weighted by Crippen LogP contribution is -2.47. The Balaban J connectivity index is 1.51. The summed E-state index contributed by atoms with van der Waals surface area (Å²) in [6, 6.07) is 9.90. The molecule has 48 heavy (non-hydrogen) atoms. The summed E-state index contributed by atoms with van der Waals surface area (Å²) < 4.78 is 30.6. The second-order valence-corrected chi connectivity index (χ2v) is 12.9. The van der Waals surface area contributed by atoms with Gasteiger partial charge in [0.25, 0.3) is 5.91 Å². The number of benzene rings is 2. The highest BCUT2D eigenvalue weighted by molar-refractivity contribution is 6.01. The van der Waals surface area contributed by atoms with Gasteiger partial charge in [-0.05, 0) is 67.8 Å². The third kappa shape index (κ3) is 9.03. The van der Waals surface area contributed by atoms with Gasteiger partial charge >= 0.3 is 0 Å². The van der Waals surface area contributed by atoms with E-state index in [1.165, 1.54) is 53.3 Å². The van der Waals surface area contributed by atoms with Crippen LogP contribution in [0.15, 0.2) is 54.7 Å². The van der Waals surface area contributed by atoms with E-state index in [0.717, 1.165) is 13.1 Å². The highest BCUT2D eigenvalue weighted by Crippen LogP contribution is 2.27. The van der Waals surface area contributed by atoms with Gasteiger partial charge in [0.2, 0.25) is 17.7 Å². The molecule has 1 aliphatic rings. The highest BCUT2D eigenvalue weighted by Gasteiger charge is 2.31. The fourth-order valence-electron chi connectivity index (χ4n) is 5.88. The average molecular weight is 666 g/mol. The molecular formula is C35H45F2N7O4. The van der Waals surface area contributed by atoms with E-state index in [9.17, 15) is 23.6 Å². The summed E-state index contributed by atoms with van der Waals surface area (Å²) >= 11 is 0. The number of nitrogens with two attached hydrogens (primary N) is 1. The maximum Gasteiger partial charge on any atom is 0.270 e. The van der Waals surface area contributed by atoms with Gasteiger partial charge in [-0.3, -0.25) is 23.9 Å². The first-order valence-electron chi connectivity index (χ1n) is 16.2. The third-order valence-corrected chi connectivity index (χ3v) is 9.12. The SMILES string of the molecule is CC(CC(C)n1nccc1C(=O)N[C@H](C(=O)Nc1ccc([C@H](C)CC(=O)N2CCN(C)CC2)cc1F)[C@@H](C)c1ccc(F)cc1)C(N)=O. The second-order valence-electron chi connectivity index (χ2n) is 12.9. The number of carbonyl (C=O) groups excluding carboxylic acids is 4. The molecule has 1 saturated heterocycles. The molecule has 5 atom stereocenters. The fraction of sp³-hybridized carbons (Fsp3) is 0.457. The molecule has 4 amide bonds. The second kappa shape index (κ2) is 16.0. The summed E-state index contributed by atoms with van der Waals surface area (Å²) in [4.78, 5) is 55.8. The Labute approximate surface area is 279 Å². The summed E-state index contributed by atoms with van der Waals surface area (Å²) in [5, 5.41) is 9.62. The minimum Gasteiger partial charge on any atom is -0.369 e. The van der Waals surface area contributed by atoms with Crippen LogP contribution in [0.1, 0.15) is 80.0 Å². The van der Waals surface area contributed by atoms with Gasteiger partial charge in [0, 0.05) is 50.6 Å². The van der Waals surface area contributed by atoms with Crippen molar-refractivity contribution in [2.75, 3.05) is 38.5 Å².